The molecule has 0 amide bonds. The normalized spacial score (nSPS) is 13.4. The Bertz CT molecular complexity index is 625. The highest BCUT2D eigenvalue weighted by atomic mass is 16.7. The van der Waals surface area contributed by atoms with Crippen LogP contribution < -0.4 is 15.2 Å². The number of benzene rings is 2. The molecular weight excluding hydrogens is 254 g/mol. The monoisotopic (exact) mass is 271 g/mol. The van der Waals surface area contributed by atoms with Crippen LogP contribution in [-0.4, -0.2) is 6.79 Å². The number of hydrogen-bond acceptors (Lipinski definition) is 4. The van der Waals surface area contributed by atoms with Crippen LogP contribution in [0, 0.1) is 6.92 Å². The van der Waals surface area contributed by atoms with Gasteiger partial charge in [-0.25, -0.2) is 0 Å². The number of fused-ring (bicyclic) bond motifs is 1. The highest BCUT2D eigenvalue weighted by Gasteiger charge is 2.16. The SMILES string of the molecule is Cc1ccccc1OCc1cc(N)cc2c1OCOC2. The summed E-state index contributed by atoms with van der Waals surface area (Å²) >= 11 is 0. The van der Waals surface area contributed by atoms with E-state index in [1.807, 2.05) is 43.3 Å². The molecule has 0 atom stereocenters. The molecule has 104 valence electrons. The molecule has 1 aliphatic rings. The van der Waals surface area contributed by atoms with E-state index in [1.54, 1.807) is 0 Å². The Labute approximate surface area is 118 Å². The lowest BCUT2D eigenvalue weighted by molar-refractivity contribution is -0.0175. The second-order valence-electron chi connectivity index (χ2n) is 4.83. The zero-order chi connectivity index (χ0) is 13.9. The third-order valence-electron chi connectivity index (χ3n) is 3.29. The molecule has 0 saturated carbocycles. The van der Waals surface area contributed by atoms with Gasteiger partial charge in [0, 0.05) is 16.8 Å². The first-order valence-corrected chi connectivity index (χ1v) is 6.54. The van der Waals surface area contributed by atoms with Gasteiger partial charge in [0.1, 0.15) is 18.1 Å². The summed E-state index contributed by atoms with van der Waals surface area (Å²) < 4.78 is 16.7. The molecule has 1 aliphatic heterocycles. The molecule has 1 heterocycles. The summed E-state index contributed by atoms with van der Waals surface area (Å²) in [6.45, 7) is 3.25. The minimum absolute atomic E-state index is 0.272. The molecule has 4 heteroatoms. The summed E-state index contributed by atoms with van der Waals surface area (Å²) in [6, 6.07) is 11.7. The fraction of sp³-hybridized carbons (Fsp3) is 0.250. The van der Waals surface area contributed by atoms with Crippen LogP contribution in [0.1, 0.15) is 16.7 Å². The molecule has 2 N–H and O–H groups in total. The minimum atomic E-state index is 0.272. The van der Waals surface area contributed by atoms with E-state index >= 15 is 0 Å². The fourth-order valence-corrected chi connectivity index (χ4v) is 2.31. The van der Waals surface area contributed by atoms with Crippen LogP contribution in [0.3, 0.4) is 0 Å². The van der Waals surface area contributed by atoms with Crippen LogP contribution in [0.25, 0.3) is 0 Å². The maximum atomic E-state index is 5.91. The van der Waals surface area contributed by atoms with E-state index in [0.717, 1.165) is 28.2 Å². The average molecular weight is 271 g/mol. The number of rotatable bonds is 3. The molecule has 4 nitrogen and oxygen atoms in total. The predicted octanol–water partition coefficient (Wildman–Crippen LogP) is 3.02. The van der Waals surface area contributed by atoms with Gasteiger partial charge in [-0.1, -0.05) is 18.2 Å². The first-order chi connectivity index (χ1) is 9.74. The Balaban J connectivity index is 1.84. The van der Waals surface area contributed by atoms with Crippen LogP contribution in [0.15, 0.2) is 36.4 Å². The van der Waals surface area contributed by atoms with Crippen LogP contribution in [0.4, 0.5) is 5.69 Å². The standard InChI is InChI=1S/C16H17NO3/c1-11-4-2-3-5-15(11)19-9-13-7-14(17)6-12-8-18-10-20-16(12)13/h2-7H,8-10,17H2,1H3. The number of aryl methyl sites for hydroxylation is 1. The van der Waals surface area contributed by atoms with Crippen molar-refractivity contribution < 1.29 is 14.2 Å². The van der Waals surface area contributed by atoms with Crippen molar-refractivity contribution in [3.63, 3.8) is 0 Å². The molecule has 2 aromatic rings. The van der Waals surface area contributed by atoms with Gasteiger partial charge in [0.05, 0.1) is 6.61 Å². The van der Waals surface area contributed by atoms with Crippen molar-refractivity contribution in [2.24, 2.45) is 0 Å². The van der Waals surface area contributed by atoms with Gasteiger partial charge in [-0.2, -0.15) is 0 Å². The molecule has 0 unspecified atom stereocenters. The summed E-state index contributed by atoms with van der Waals surface area (Å²) in [5.41, 5.74) is 9.64. The Morgan fingerprint density at radius 3 is 2.95 bits per heavy atom. The Hall–Kier alpha value is -2.20. The van der Waals surface area contributed by atoms with E-state index < -0.39 is 0 Å². The summed E-state index contributed by atoms with van der Waals surface area (Å²) in [6.07, 6.45) is 0. The van der Waals surface area contributed by atoms with Gasteiger partial charge in [-0.15, -0.1) is 0 Å². The van der Waals surface area contributed by atoms with Crippen LogP contribution in [-0.2, 0) is 18.0 Å². The maximum absolute atomic E-state index is 5.91. The second-order valence-corrected chi connectivity index (χ2v) is 4.83. The summed E-state index contributed by atoms with van der Waals surface area (Å²) in [5.74, 6) is 1.70. The van der Waals surface area contributed by atoms with E-state index in [9.17, 15) is 0 Å². The highest BCUT2D eigenvalue weighted by molar-refractivity contribution is 5.53. The second kappa shape index (κ2) is 5.43. The van der Waals surface area contributed by atoms with Crippen molar-refractivity contribution in [2.75, 3.05) is 12.5 Å². The summed E-state index contributed by atoms with van der Waals surface area (Å²) in [7, 11) is 0. The first kappa shape index (κ1) is 12.8. The Morgan fingerprint density at radius 1 is 1.25 bits per heavy atom. The molecule has 2 aromatic carbocycles. The van der Waals surface area contributed by atoms with E-state index in [2.05, 4.69) is 0 Å². The van der Waals surface area contributed by atoms with Gasteiger partial charge in [-0.3, -0.25) is 0 Å². The Morgan fingerprint density at radius 2 is 2.10 bits per heavy atom. The van der Waals surface area contributed by atoms with Crippen molar-refractivity contribution in [3.05, 3.63) is 53.1 Å². The number of ether oxygens (including phenoxy) is 3. The summed E-state index contributed by atoms with van der Waals surface area (Å²) in [4.78, 5) is 0. The summed E-state index contributed by atoms with van der Waals surface area (Å²) in [5, 5.41) is 0. The lowest BCUT2D eigenvalue weighted by Gasteiger charge is -2.21. The molecule has 0 saturated heterocycles. The number of hydrogen-bond donors (Lipinski definition) is 1. The van der Waals surface area contributed by atoms with E-state index in [4.69, 9.17) is 19.9 Å². The van der Waals surface area contributed by atoms with Gasteiger partial charge >= 0.3 is 0 Å². The van der Waals surface area contributed by atoms with E-state index in [-0.39, 0.29) is 6.79 Å². The lowest BCUT2D eigenvalue weighted by Crippen LogP contribution is -2.14. The van der Waals surface area contributed by atoms with Crippen LogP contribution in [0.2, 0.25) is 0 Å². The third kappa shape index (κ3) is 2.56. The highest BCUT2D eigenvalue weighted by Crippen LogP contribution is 2.31. The molecule has 0 aliphatic carbocycles. The smallest absolute Gasteiger partial charge is 0.189 e. The minimum Gasteiger partial charge on any atom is -0.488 e. The van der Waals surface area contributed by atoms with Gasteiger partial charge in [0.15, 0.2) is 6.79 Å². The van der Waals surface area contributed by atoms with Crippen molar-refractivity contribution >= 4 is 5.69 Å². The number of anilines is 1. The molecular formula is C16H17NO3. The number of para-hydroxylation sites is 1. The quantitative estimate of drug-likeness (QED) is 0.872. The third-order valence-corrected chi connectivity index (χ3v) is 3.29. The molecule has 0 fully saturated rings. The fourth-order valence-electron chi connectivity index (χ4n) is 2.31. The Kier molecular flexibility index (Phi) is 3.48. The number of nitrogen functional groups attached to an aromatic ring is 1. The molecule has 0 spiro atoms. The predicted molar refractivity (Wildman–Crippen MR) is 76.6 cm³/mol. The van der Waals surface area contributed by atoms with Crippen molar-refractivity contribution in [1.29, 1.82) is 0 Å². The number of nitrogens with two attached hydrogens (primary N) is 1. The largest absolute Gasteiger partial charge is 0.488 e. The topological polar surface area (TPSA) is 53.7 Å². The van der Waals surface area contributed by atoms with Crippen LogP contribution in [0.5, 0.6) is 11.5 Å². The van der Waals surface area contributed by atoms with Crippen molar-refractivity contribution in [1.82, 2.24) is 0 Å². The zero-order valence-electron chi connectivity index (χ0n) is 11.4. The molecule has 20 heavy (non-hydrogen) atoms. The van der Waals surface area contributed by atoms with E-state index in [0.29, 0.717) is 18.9 Å². The molecule has 3 rings (SSSR count). The zero-order valence-corrected chi connectivity index (χ0v) is 11.4. The van der Waals surface area contributed by atoms with Gasteiger partial charge < -0.3 is 19.9 Å². The van der Waals surface area contributed by atoms with Gasteiger partial charge in [-0.05, 0) is 30.7 Å². The van der Waals surface area contributed by atoms with Crippen molar-refractivity contribution in [2.45, 2.75) is 20.1 Å². The average Bonchev–Trinajstić information content (AvgIpc) is 2.46. The van der Waals surface area contributed by atoms with Crippen molar-refractivity contribution in [3.8, 4) is 11.5 Å². The lowest BCUT2D eigenvalue weighted by atomic mass is 10.1. The van der Waals surface area contributed by atoms with Gasteiger partial charge in [0.25, 0.3) is 0 Å². The van der Waals surface area contributed by atoms with Crippen LogP contribution >= 0.6 is 0 Å². The molecule has 0 aromatic heterocycles. The maximum Gasteiger partial charge on any atom is 0.189 e. The van der Waals surface area contributed by atoms with E-state index in [1.165, 1.54) is 0 Å². The molecule has 0 bridgehead atoms. The van der Waals surface area contributed by atoms with Gasteiger partial charge in [0.2, 0.25) is 0 Å². The molecule has 0 radical (unpaired) electrons. The first-order valence-electron chi connectivity index (χ1n) is 6.54.